The molecule has 0 aliphatic heterocycles. The van der Waals surface area contributed by atoms with Crippen LogP contribution in [0, 0.1) is 5.82 Å². The van der Waals surface area contributed by atoms with Gasteiger partial charge in [-0.05, 0) is 25.1 Å². The zero-order chi connectivity index (χ0) is 13.1. The number of anilines is 2. The van der Waals surface area contributed by atoms with E-state index in [1.165, 1.54) is 12.1 Å². The van der Waals surface area contributed by atoms with Gasteiger partial charge in [-0.3, -0.25) is 4.68 Å². The molecule has 0 radical (unpaired) electrons. The van der Waals surface area contributed by atoms with Crippen LogP contribution in [-0.4, -0.2) is 14.8 Å². The lowest BCUT2D eigenvalue weighted by atomic mass is 10.1. The molecule has 0 bridgehead atoms. The van der Waals surface area contributed by atoms with Crippen LogP contribution in [0.5, 0.6) is 0 Å². The van der Waals surface area contributed by atoms with Crippen molar-refractivity contribution in [1.82, 2.24) is 9.78 Å². The zero-order valence-electron chi connectivity index (χ0n) is 9.85. The van der Waals surface area contributed by atoms with E-state index in [9.17, 15) is 4.39 Å². The SMILES string of the molecule is CCn1cc(Nc2ccc(F)cc2C(N)=S)cn1. The highest BCUT2D eigenvalue weighted by Gasteiger charge is 2.08. The molecule has 0 aliphatic rings. The van der Waals surface area contributed by atoms with Gasteiger partial charge in [0.2, 0.25) is 0 Å². The number of benzene rings is 1. The first-order valence-electron chi connectivity index (χ1n) is 5.49. The van der Waals surface area contributed by atoms with E-state index in [2.05, 4.69) is 10.4 Å². The quantitative estimate of drug-likeness (QED) is 0.833. The Bertz CT molecular complexity index is 579. The van der Waals surface area contributed by atoms with Crippen LogP contribution < -0.4 is 11.1 Å². The Hall–Kier alpha value is -1.95. The Kier molecular flexibility index (Phi) is 3.57. The summed E-state index contributed by atoms with van der Waals surface area (Å²) < 4.78 is 14.9. The molecule has 94 valence electrons. The predicted octanol–water partition coefficient (Wildman–Crippen LogP) is 2.42. The first-order valence-corrected chi connectivity index (χ1v) is 5.90. The number of aromatic nitrogens is 2. The van der Waals surface area contributed by atoms with Gasteiger partial charge in [0.05, 0.1) is 11.9 Å². The molecule has 1 aromatic heterocycles. The maximum Gasteiger partial charge on any atom is 0.124 e. The Balaban J connectivity index is 2.30. The number of aryl methyl sites for hydroxylation is 1. The van der Waals surface area contributed by atoms with Gasteiger partial charge in [-0.2, -0.15) is 5.10 Å². The highest BCUT2D eigenvalue weighted by Crippen LogP contribution is 2.21. The fraction of sp³-hybridized carbons (Fsp3) is 0.167. The molecule has 0 atom stereocenters. The van der Waals surface area contributed by atoms with E-state index in [4.69, 9.17) is 18.0 Å². The van der Waals surface area contributed by atoms with Crippen molar-refractivity contribution in [3.8, 4) is 0 Å². The number of nitrogens with two attached hydrogens (primary N) is 1. The fourth-order valence-electron chi connectivity index (χ4n) is 1.59. The summed E-state index contributed by atoms with van der Waals surface area (Å²) in [4.78, 5) is 0.153. The van der Waals surface area contributed by atoms with E-state index in [-0.39, 0.29) is 10.8 Å². The van der Waals surface area contributed by atoms with Gasteiger partial charge in [-0.25, -0.2) is 4.39 Å². The fourth-order valence-corrected chi connectivity index (χ4v) is 1.75. The van der Waals surface area contributed by atoms with Crippen LogP contribution in [0.25, 0.3) is 0 Å². The first kappa shape index (κ1) is 12.5. The second-order valence-corrected chi connectivity index (χ2v) is 4.20. The molecule has 3 N–H and O–H groups in total. The number of hydrogen-bond donors (Lipinski definition) is 2. The minimum Gasteiger partial charge on any atom is -0.389 e. The van der Waals surface area contributed by atoms with Crippen molar-refractivity contribution in [2.75, 3.05) is 5.32 Å². The summed E-state index contributed by atoms with van der Waals surface area (Å²) in [6.07, 6.45) is 3.54. The molecule has 0 spiro atoms. The molecular formula is C12H13FN4S. The summed E-state index contributed by atoms with van der Waals surface area (Å²) in [6, 6.07) is 4.27. The maximum absolute atomic E-state index is 13.1. The number of nitrogens with one attached hydrogen (secondary N) is 1. The molecule has 0 unspecified atom stereocenters. The van der Waals surface area contributed by atoms with Crippen molar-refractivity contribution in [1.29, 1.82) is 0 Å². The number of hydrogen-bond acceptors (Lipinski definition) is 3. The lowest BCUT2D eigenvalue weighted by Gasteiger charge is -2.09. The average molecular weight is 264 g/mol. The number of nitrogens with zero attached hydrogens (tertiary/aromatic N) is 2. The van der Waals surface area contributed by atoms with E-state index in [1.54, 1.807) is 16.9 Å². The van der Waals surface area contributed by atoms with Crippen LogP contribution in [0.3, 0.4) is 0 Å². The van der Waals surface area contributed by atoms with Crippen LogP contribution in [0.2, 0.25) is 0 Å². The van der Waals surface area contributed by atoms with E-state index < -0.39 is 0 Å². The topological polar surface area (TPSA) is 55.9 Å². The van der Waals surface area contributed by atoms with Crippen LogP contribution in [0.1, 0.15) is 12.5 Å². The van der Waals surface area contributed by atoms with Gasteiger partial charge >= 0.3 is 0 Å². The van der Waals surface area contributed by atoms with Gasteiger partial charge in [-0.1, -0.05) is 12.2 Å². The minimum atomic E-state index is -0.368. The largest absolute Gasteiger partial charge is 0.389 e. The van der Waals surface area contributed by atoms with Crippen molar-refractivity contribution in [3.63, 3.8) is 0 Å². The van der Waals surface area contributed by atoms with E-state index in [0.717, 1.165) is 12.2 Å². The Morgan fingerprint density at radius 1 is 1.56 bits per heavy atom. The van der Waals surface area contributed by atoms with Crippen molar-refractivity contribution >= 4 is 28.6 Å². The van der Waals surface area contributed by atoms with Gasteiger partial charge < -0.3 is 11.1 Å². The summed E-state index contributed by atoms with van der Waals surface area (Å²) in [5.74, 6) is -0.368. The summed E-state index contributed by atoms with van der Waals surface area (Å²) >= 11 is 4.90. The molecule has 0 amide bonds. The minimum absolute atomic E-state index is 0.153. The highest BCUT2D eigenvalue weighted by molar-refractivity contribution is 7.80. The maximum atomic E-state index is 13.1. The summed E-state index contributed by atoms with van der Waals surface area (Å²) in [5, 5.41) is 7.26. The number of thiocarbonyl (C=S) groups is 1. The molecule has 0 saturated carbocycles. The van der Waals surface area contributed by atoms with Crippen molar-refractivity contribution < 1.29 is 4.39 Å². The van der Waals surface area contributed by atoms with Crippen LogP contribution in [0.4, 0.5) is 15.8 Å². The molecule has 18 heavy (non-hydrogen) atoms. The van der Waals surface area contributed by atoms with Crippen molar-refractivity contribution in [3.05, 3.63) is 42.0 Å². The normalized spacial score (nSPS) is 10.3. The molecule has 0 fully saturated rings. The number of halogens is 1. The van der Waals surface area contributed by atoms with Crippen LogP contribution in [0.15, 0.2) is 30.6 Å². The van der Waals surface area contributed by atoms with E-state index in [1.807, 2.05) is 13.1 Å². The van der Waals surface area contributed by atoms with E-state index in [0.29, 0.717) is 11.3 Å². The Labute approximate surface area is 110 Å². The lowest BCUT2D eigenvalue weighted by molar-refractivity contribution is 0.628. The molecule has 2 rings (SSSR count). The third-order valence-electron chi connectivity index (χ3n) is 2.48. The summed E-state index contributed by atoms with van der Waals surface area (Å²) in [7, 11) is 0. The zero-order valence-corrected chi connectivity index (χ0v) is 10.7. The molecule has 4 nitrogen and oxygen atoms in total. The monoisotopic (exact) mass is 264 g/mol. The predicted molar refractivity (Wildman–Crippen MR) is 73.5 cm³/mol. The van der Waals surface area contributed by atoms with Gasteiger partial charge in [-0.15, -0.1) is 0 Å². The third kappa shape index (κ3) is 2.65. The van der Waals surface area contributed by atoms with Crippen molar-refractivity contribution in [2.24, 2.45) is 5.73 Å². The molecule has 1 aromatic carbocycles. The van der Waals surface area contributed by atoms with Gasteiger partial charge in [0.15, 0.2) is 0 Å². The molecule has 0 saturated heterocycles. The van der Waals surface area contributed by atoms with Gasteiger partial charge in [0, 0.05) is 24.0 Å². The molecular weight excluding hydrogens is 251 g/mol. The second kappa shape index (κ2) is 5.14. The smallest absolute Gasteiger partial charge is 0.124 e. The molecule has 6 heteroatoms. The molecule has 2 aromatic rings. The second-order valence-electron chi connectivity index (χ2n) is 3.76. The highest BCUT2D eigenvalue weighted by atomic mass is 32.1. The molecule has 1 heterocycles. The van der Waals surface area contributed by atoms with Gasteiger partial charge in [0.1, 0.15) is 10.8 Å². The standard InChI is InChI=1S/C12H13FN4S/c1-2-17-7-9(6-15-17)16-11-4-3-8(13)5-10(11)12(14)18/h3-7,16H,2H2,1H3,(H2,14,18). The van der Waals surface area contributed by atoms with Crippen LogP contribution in [-0.2, 0) is 6.54 Å². The van der Waals surface area contributed by atoms with Crippen LogP contribution >= 0.6 is 12.2 Å². The molecule has 0 aliphatic carbocycles. The summed E-state index contributed by atoms with van der Waals surface area (Å²) in [6.45, 7) is 2.78. The average Bonchev–Trinajstić information content (AvgIpc) is 2.79. The first-order chi connectivity index (χ1) is 8.60. The Morgan fingerprint density at radius 2 is 2.33 bits per heavy atom. The lowest BCUT2D eigenvalue weighted by Crippen LogP contribution is -2.12. The van der Waals surface area contributed by atoms with Crippen molar-refractivity contribution in [2.45, 2.75) is 13.5 Å². The Morgan fingerprint density at radius 3 is 2.94 bits per heavy atom. The number of rotatable bonds is 4. The van der Waals surface area contributed by atoms with Gasteiger partial charge in [0.25, 0.3) is 0 Å². The summed E-state index contributed by atoms with van der Waals surface area (Å²) in [5.41, 5.74) is 7.53. The third-order valence-corrected chi connectivity index (χ3v) is 2.70. The van der Waals surface area contributed by atoms with E-state index >= 15 is 0 Å².